The molecule has 20 heavy (non-hydrogen) atoms. The van der Waals surface area contributed by atoms with Gasteiger partial charge in [0.2, 0.25) is 0 Å². The summed E-state index contributed by atoms with van der Waals surface area (Å²) >= 11 is 0. The number of rotatable bonds is 9. The van der Waals surface area contributed by atoms with Crippen LogP contribution in [-0.2, 0) is 16.0 Å². The van der Waals surface area contributed by atoms with E-state index in [1.807, 2.05) is 13.0 Å². The van der Waals surface area contributed by atoms with Gasteiger partial charge in [0.15, 0.2) is 0 Å². The Balaban J connectivity index is 1.87. The Morgan fingerprint density at radius 1 is 1.10 bits per heavy atom. The molecule has 0 saturated heterocycles. The second-order valence-corrected chi connectivity index (χ2v) is 4.62. The van der Waals surface area contributed by atoms with Crippen molar-refractivity contribution in [3.8, 4) is 5.75 Å². The SMILES string of the molecule is CCOc1ccc2c(ccn2CCCOCCOC)c1. The van der Waals surface area contributed by atoms with Crippen LogP contribution in [0.2, 0.25) is 0 Å². The maximum atomic E-state index is 5.52. The Labute approximate surface area is 120 Å². The second kappa shape index (κ2) is 7.92. The normalized spacial score (nSPS) is 11.1. The van der Waals surface area contributed by atoms with Crippen molar-refractivity contribution in [3.05, 3.63) is 30.5 Å². The van der Waals surface area contributed by atoms with Crippen molar-refractivity contribution >= 4 is 10.9 Å². The van der Waals surface area contributed by atoms with Gasteiger partial charge in [-0.05, 0) is 37.6 Å². The molecule has 0 aliphatic rings. The molecule has 0 amide bonds. The average molecular weight is 277 g/mol. The van der Waals surface area contributed by atoms with E-state index in [0.717, 1.165) is 25.3 Å². The number of hydrogen-bond acceptors (Lipinski definition) is 3. The maximum absolute atomic E-state index is 5.52. The van der Waals surface area contributed by atoms with E-state index in [1.54, 1.807) is 7.11 Å². The van der Waals surface area contributed by atoms with Crippen molar-refractivity contribution in [3.63, 3.8) is 0 Å². The van der Waals surface area contributed by atoms with Crippen LogP contribution < -0.4 is 4.74 Å². The Morgan fingerprint density at radius 2 is 2.00 bits per heavy atom. The number of ether oxygens (including phenoxy) is 3. The standard InChI is InChI=1S/C16H23NO3/c1-3-20-15-5-6-16-14(13-15)7-9-17(16)8-4-10-19-12-11-18-2/h5-7,9,13H,3-4,8,10-12H2,1-2H3. The van der Waals surface area contributed by atoms with Gasteiger partial charge in [-0.1, -0.05) is 0 Å². The Hall–Kier alpha value is -1.52. The number of benzene rings is 1. The third-order valence-corrected chi connectivity index (χ3v) is 3.17. The monoisotopic (exact) mass is 277 g/mol. The predicted molar refractivity (Wildman–Crippen MR) is 80.4 cm³/mol. The molecule has 110 valence electrons. The second-order valence-electron chi connectivity index (χ2n) is 4.62. The van der Waals surface area contributed by atoms with Crippen molar-refractivity contribution in [2.45, 2.75) is 19.9 Å². The summed E-state index contributed by atoms with van der Waals surface area (Å²) in [6, 6.07) is 8.36. The highest BCUT2D eigenvalue weighted by Crippen LogP contribution is 2.22. The van der Waals surface area contributed by atoms with Crippen LogP contribution in [-0.4, -0.2) is 38.1 Å². The number of hydrogen-bond donors (Lipinski definition) is 0. The number of aryl methyl sites for hydroxylation is 1. The third-order valence-electron chi connectivity index (χ3n) is 3.17. The van der Waals surface area contributed by atoms with Gasteiger partial charge >= 0.3 is 0 Å². The predicted octanol–water partition coefficient (Wildman–Crippen LogP) is 3.09. The summed E-state index contributed by atoms with van der Waals surface area (Å²) in [5, 5.41) is 1.22. The molecule has 0 fully saturated rings. The van der Waals surface area contributed by atoms with Crippen LogP contribution in [0.4, 0.5) is 0 Å². The highest BCUT2D eigenvalue weighted by atomic mass is 16.5. The molecule has 2 rings (SSSR count). The topological polar surface area (TPSA) is 32.6 Å². The molecule has 1 heterocycles. The summed E-state index contributed by atoms with van der Waals surface area (Å²) in [4.78, 5) is 0. The lowest BCUT2D eigenvalue weighted by Crippen LogP contribution is -2.05. The minimum absolute atomic E-state index is 0.659. The molecule has 0 aliphatic carbocycles. The number of aromatic nitrogens is 1. The van der Waals surface area contributed by atoms with Gasteiger partial charge in [0.1, 0.15) is 5.75 Å². The summed E-state index contributed by atoms with van der Waals surface area (Å²) in [5.41, 5.74) is 1.24. The quantitative estimate of drug-likeness (QED) is 0.660. The molecule has 0 atom stereocenters. The van der Waals surface area contributed by atoms with Crippen molar-refractivity contribution in [1.82, 2.24) is 4.57 Å². The molecule has 0 saturated carbocycles. The summed E-state index contributed by atoms with van der Waals surface area (Å²) in [5.74, 6) is 0.931. The van der Waals surface area contributed by atoms with Crippen LogP contribution in [0.5, 0.6) is 5.75 Å². The highest BCUT2D eigenvalue weighted by molar-refractivity contribution is 5.81. The first-order chi connectivity index (χ1) is 9.85. The first-order valence-corrected chi connectivity index (χ1v) is 7.13. The third kappa shape index (κ3) is 3.99. The number of fused-ring (bicyclic) bond motifs is 1. The van der Waals surface area contributed by atoms with E-state index in [1.165, 1.54) is 10.9 Å². The van der Waals surface area contributed by atoms with E-state index in [0.29, 0.717) is 19.8 Å². The van der Waals surface area contributed by atoms with Gasteiger partial charge in [-0.3, -0.25) is 0 Å². The van der Waals surface area contributed by atoms with Gasteiger partial charge in [0, 0.05) is 37.4 Å². The van der Waals surface area contributed by atoms with E-state index in [2.05, 4.69) is 29.0 Å². The van der Waals surface area contributed by atoms with Crippen molar-refractivity contribution in [2.75, 3.05) is 33.5 Å². The van der Waals surface area contributed by atoms with E-state index >= 15 is 0 Å². The summed E-state index contributed by atoms with van der Waals surface area (Å²) in [6.45, 7) is 5.75. The minimum Gasteiger partial charge on any atom is -0.494 e. The van der Waals surface area contributed by atoms with E-state index in [9.17, 15) is 0 Å². The zero-order valence-electron chi connectivity index (χ0n) is 12.3. The van der Waals surface area contributed by atoms with Gasteiger partial charge in [0.05, 0.1) is 19.8 Å². The number of methoxy groups -OCH3 is 1. The van der Waals surface area contributed by atoms with Crippen molar-refractivity contribution < 1.29 is 14.2 Å². The first kappa shape index (κ1) is 14.9. The van der Waals surface area contributed by atoms with Crippen LogP contribution in [0, 0.1) is 0 Å². The molecule has 1 aromatic carbocycles. The molecule has 0 unspecified atom stereocenters. The van der Waals surface area contributed by atoms with Gasteiger partial charge in [-0.15, -0.1) is 0 Å². The zero-order valence-corrected chi connectivity index (χ0v) is 12.3. The summed E-state index contributed by atoms with van der Waals surface area (Å²) in [7, 11) is 1.69. The molecular weight excluding hydrogens is 254 g/mol. The molecule has 4 nitrogen and oxygen atoms in total. The largest absolute Gasteiger partial charge is 0.494 e. The fraction of sp³-hybridized carbons (Fsp3) is 0.500. The van der Waals surface area contributed by atoms with Gasteiger partial charge in [0.25, 0.3) is 0 Å². The van der Waals surface area contributed by atoms with E-state index in [-0.39, 0.29) is 0 Å². The zero-order chi connectivity index (χ0) is 14.2. The molecule has 1 aromatic heterocycles. The van der Waals surface area contributed by atoms with Crippen molar-refractivity contribution in [2.24, 2.45) is 0 Å². The molecule has 0 aliphatic heterocycles. The minimum atomic E-state index is 0.659. The first-order valence-electron chi connectivity index (χ1n) is 7.13. The average Bonchev–Trinajstić information content (AvgIpc) is 2.86. The Morgan fingerprint density at radius 3 is 2.80 bits per heavy atom. The lowest BCUT2D eigenvalue weighted by atomic mass is 10.2. The summed E-state index contributed by atoms with van der Waals surface area (Å²) < 4.78 is 18.2. The molecular formula is C16H23NO3. The molecule has 0 bridgehead atoms. The maximum Gasteiger partial charge on any atom is 0.120 e. The molecule has 4 heteroatoms. The highest BCUT2D eigenvalue weighted by Gasteiger charge is 2.02. The smallest absolute Gasteiger partial charge is 0.120 e. The fourth-order valence-corrected chi connectivity index (χ4v) is 2.21. The van der Waals surface area contributed by atoms with Crippen molar-refractivity contribution in [1.29, 1.82) is 0 Å². The fourth-order valence-electron chi connectivity index (χ4n) is 2.21. The molecule has 0 radical (unpaired) electrons. The van der Waals surface area contributed by atoms with Gasteiger partial charge in [-0.2, -0.15) is 0 Å². The van der Waals surface area contributed by atoms with Crippen LogP contribution in [0.15, 0.2) is 30.5 Å². The van der Waals surface area contributed by atoms with Crippen LogP contribution in [0.3, 0.4) is 0 Å². The van der Waals surface area contributed by atoms with E-state index in [4.69, 9.17) is 14.2 Å². The molecule has 0 N–H and O–H groups in total. The van der Waals surface area contributed by atoms with Crippen LogP contribution in [0.25, 0.3) is 10.9 Å². The molecule has 0 spiro atoms. The molecule has 2 aromatic rings. The van der Waals surface area contributed by atoms with Crippen LogP contribution in [0.1, 0.15) is 13.3 Å². The lowest BCUT2D eigenvalue weighted by Gasteiger charge is -2.07. The van der Waals surface area contributed by atoms with Crippen LogP contribution >= 0.6 is 0 Å². The van der Waals surface area contributed by atoms with Gasteiger partial charge < -0.3 is 18.8 Å². The lowest BCUT2D eigenvalue weighted by molar-refractivity contribution is 0.0681. The Bertz CT molecular complexity index is 521. The van der Waals surface area contributed by atoms with Gasteiger partial charge in [-0.25, -0.2) is 0 Å². The van der Waals surface area contributed by atoms with E-state index < -0.39 is 0 Å². The summed E-state index contributed by atoms with van der Waals surface area (Å²) in [6.07, 6.45) is 3.12. The Kier molecular flexibility index (Phi) is 5.89. The number of nitrogens with zero attached hydrogens (tertiary/aromatic N) is 1.